The summed E-state index contributed by atoms with van der Waals surface area (Å²) in [5, 5.41) is 9.18. The van der Waals surface area contributed by atoms with Crippen LogP contribution >= 0.6 is 11.8 Å². The third-order valence-corrected chi connectivity index (χ3v) is 3.31. The summed E-state index contributed by atoms with van der Waals surface area (Å²) in [5.74, 6) is 0.904. The number of methoxy groups -OCH3 is 1. The average molecular weight is 226 g/mol. The smallest absolute Gasteiger partial charge is 0.121 e. The molecule has 0 amide bonds. The van der Waals surface area contributed by atoms with Gasteiger partial charge in [0.25, 0.3) is 0 Å². The van der Waals surface area contributed by atoms with E-state index in [-0.39, 0.29) is 11.4 Å². The van der Waals surface area contributed by atoms with Gasteiger partial charge in [0.2, 0.25) is 0 Å². The van der Waals surface area contributed by atoms with E-state index < -0.39 is 0 Å². The number of hydrogen-bond acceptors (Lipinski definition) is 3. The minimum Gasteiger partial charge on any atom is -0.496 e. The molecule has 0 radical (unpaired) electrons. The van der Waals surface area contributed by atoms with Crippen LogP contribution in [0, 0.1) is 6.92 Å². The number of rotatable bonds is 4. The summed E-state index contributed by atoms with van der Waals surface area (Å²) in [6.45, 7) is 6.24. The van der Waals surface area contributed by atoms with E-state index in [9.17, 15) is 5.11 Å². The highest BCUT2D eigenvalue weighted by Gasteiger charge is 2.18. The second kappa shape index (κ2) is 4.90. The topological polar surface area (TPSA) is 29.5 Å². The fourth-order valence-corrected chi connectivity index (χ4v) is 2.34. The summed E-state index contributed by atoms with van der Waals surface area (Å²) in [7, 11) is 1.67. The molecule has 1 aromatic carbocycles. The maximum Gasteiger partial charge on any atom is 0.121 e. The Balaban J connectivity index is 2.84. The SMILES string of the molecule is COc1ccc(SC(C)(C)CO)cc1C. The van der Waals surface area contributed by atoms with E-state index in [4.69, 9.17) is 4.74 Å². The fraction of sp³-hybridized carbons (Fsp3) is 0.500. The molecule has 0 bridgehead atoms. The predicted octanol–water partition coefficient (Wildman–Crippen LogP) is 2.87. The van der Waals surface area contributed by atoms with Crippen molar-refractivity contribution in [2.24, 2.45) is 0 Å². The zero-order chi connectivity index (χ0) is 11.5. The van der Waals surface area contributed by atoms with Crippen LogP contribution in [0.2, 0.25) is 0 Å². The highest BCUT2D eigenvalue weighted by molar-refractivity contribution is 8.00. The van der Waals surface area contributed by atoms with Crippen LogP contribution in [0.1, 0.15) is 19.4 Å². The Morgan fingerprint density at radius 3 is 2.53 bits per heavy atom. The molecule has 0 saturated heterocycles. The van der Waals surface area contributed by atoms with Gasteiger partial charge in [-0.15, -0.1) is 11.8 Å². The molecule has 0 heterocycles. The van der Waals surface area contributed by atoms with Crippen LogP contribution in [0.15, 0.2) is 23.1 Å². The minimum absolute atomic E-state index is 0.138. The molecule has 84 valence electrons. The minimum atomic E-state index is -0.138. The maximum absolute atomic E-state index is 9.18. The van der Waals surface area contributed by atoms with Crippen molar-refractivity contribution in [3.63, 3.8) is 0 Å². The maximum atomic E-state index is 9.18. The van der Waals surface area contributed by atoms with Crippen molar-refractivity contribution in [2.45, 2.75) is 30.4 Å². The first-order valence-electron chi connectivity index (χ1n) is 4.93. The van der Waals surface area contributed by atoms with Crippen LogP contribution in [-0.2, 0) is 0 Å². The summed E-state index contributed by atoms with van der Waals surface area (Å²) in [5.41, 5.74) is 1.12. The average Bonchev–Trinajstić information content (AvgIpc) is 2.17. The number of aryl methyl sites for hydroxylation is 1. The summed E-state index contributed by atoms with van der Waals surface area (Å²) < 4.78 is 5.06. The molecule has 0 spiro atoms. The Labute approximate surface area is 95.7 Å². The highest BCUT2D eigenvalue weighted by Crippen LogP contribution is 2.34. The van der Waals surface area contributed by atoms with E-state index in [2.05, 4.69) is 6.07 Å². The third-order valence-electron chi connectivity index (χ3n) is 2.14. The first-order chi connectivity index (χ1) is 6.98. The van der Waals surface area contributed by atoms with Crippen LogP contribution in [-0.4, -0.2) is 23.6 Å². The predicted molar refractivity (Wildman–Crippen MR) is 64.8 cm³/mol. The summed E-state index contributed by atoms with van der Waals surface area (Å²) in [6.07, 6.45) is 0. The zero-order valence-corrected chi connectivity index (χ0v) is 10.5. The lowest BCUT2D eigenvalue weighted by Crippen LogP contribution is -2.19. The van der Waals surface area contributed by atoms with E-state index in [1.807, 2.05) is 32.9 Å². The zero-order valence-electron chi connectivity index (χ0n) is 9.70. The van der Waals surface area contributed by atoms with Gasteiger partial charge >= 0.3 is 0 Å². The van der Waals surface area contributed by atoms with Gasteiger partial charge in [0, 0.05) is 9.64 Å². The van der Waals surface area contributed by atoms with Crippen molar-refractivity contribution in [2.75, 3.05) is 13.7 Å². The standard InChI is InChI=1S/C12H18O2S/c1-9-7-10(5-6-11(9)14-4)15-12(2,3)8-13/h5-7,13H,8H2,1-4H3. The molecule has 0 aliphatic rings. The summed E-state index contributed by atoms with van der Waals surface area (Å²) in [4.78, 5) is 1.16. The number of ether oxygens (including phenoxy) is 1. The normalized spacial score (nSPS) is 11.5. The number of thioether (sulfide) groups is 1. The number of hydrogen-bond donors (Lipinski definition) is 1. The van der Waals surface area contributed by atoms with Crippen LogP contribution in [0.25, 0.3) is 0 Å². The fourth-order valence-electron chi connectivity index (χ4n) is 1.27. The second-order valence-electron chi connectivity index (χ2n) is 4.15. The van der Waals surface area contributed by atoms with E-state index in [0.717, 1.165) is 16.2 Å². The lowest BCUT2D eigenvalue weighted by atomic mass is 10.2. The molecule has 0 atom stereocenters. The van der Waals surface area contributed by atoms with Crippen molar-refractivity contribution in [1.29, 1.82) is 0 Å². The molecule has 0 aromatic heterocycles. The monoisotopic (exact) mass is 226 g/mol. The van der Waals surface area contributed by atoms with Gasteiger partial charge in [0.1, 0.15) is 5.75 Å². The van der Waals surface area contributed by atoms with Gasteiger partial charge in [-0.1, -0.05) is 0 Å². The Bertz CT molecular complexity index is 334. The van der Waals surface area contributed by atoms with E-state index in [1.165, 1.54) is 0 Å². The van der Waals surface area contributed by atoms with Gasteiger partial charge in [-0.25, -0.2) is 0 Å². The van der Waals surface area contributed by atoms with Crippen LogP contribution < -0.4 is 4.74 Å². The number of benzene rings is 1. The molecule has 0 saturated carbocycles. The van der Waals surface area contributed by atoms with Gasteiger partial charge < -0.3 is 9.84 Å². The van der Waals surface area contributed by atoms with E-state index in [1.54, 1.807) is 18.9 Å². The van der Waals surface area contributed by atoms with Crippen LogP contribution in [0.4, 0.5) is 0 Å². The molecule has 3 heteroatoms. The van der Waals surface area contributed by atoms with Crippen LogP contribution in [0.3, 0.4) is 0 Å². The quantitative estimate of drug-likeness (QED) is 0.801. The Morgan fingerprint density at radius 1 is 1.40 bits per heavy atom. The largest absolute Gasteiger partial charge is 0.496 e. The molecular weight excluding hydrogens is 208 g/mol. The number of aliphatic hydroxyl groups excluding tert-OH is 1. The van der Waals surface area contributed by atoms with Crippen molar-refractivity contribution >= 4 is 11.8 Å². The van der Waals surface area contributed by atoms with Gasteiger partial charge in [-0.2, -0.15) is 0 Å². The van der Waals surface area contributed by atoms with Crippen molar-refractivity contribution in [3.8, 4) is 5.75 Å². The van der Waals surface area contributed by atoms with Crippen molar-refractivity contribution in [3.05, 3.63) is 23.8 Å². The summed E-state index contributed by atoms with van der Waals surface area (Å²) in [6, 6.07) is 6.07. The summed E-state index contributed by atoms with van der Waals surface area (Å²) >= 11 is 1.67. The Kier molecular flexibility index (Phi) is 4.05. The molecule has 0 fully saturated rings. The van der Waals surface area contributed by atoms with Crippen molar-refractivity contribution < 1.29 is 9.84 Å². The van der Waals surface area contributed by atoms with Gasteiger partial charge in [-0.05, 0) is 44.5 Å². The highest BCUT2D eigenvalue weighted by atomic mass is 32.2. The Hall–Kier alpha value is -0.670. The molecule has 2 nitrogen and oxygen atoms in total. The molecular formula is C12H18O2S. The molecule has 15 heavy (non-hydrogen) atoms. The molecule has 1 rings (SSSR count). The molecule has 1 aromatic rings. The third kappa shape index (κ3) is 3.43. The van der Waals surface area contributed by atoms with Gasteiger partial charge in [0.15, 0.2) is 0 Å². The van der Waals surface area contributed by atoms with E-state index in [0.29, 0.717) is 0 Å². The second-order valence-corrected chi connectivity index (χ2v) is 5.93. The first kappa shape index (κ1) is 12.4. The van der Waals surface area contributed by atoms with Gasteiger partial charge in [0.05, 0.1) is 13.7 Å². The first-order valence-corrected chi connectivity index (χ1v) is 5.74. The molecule has 1 N–H and O–H groups in total. The molecule has 0 aliphatic heterocycles. The van der Waals surface area contributed by atoms with Crippen molar-refractivity contribution in [1.82, 2.24) is 0 Å². The molecule has 0 unspecified atom stereocenters. The number of aliphatic hydroxyl groups is 1. The van der Waals surface area contributed by atoms with Crippen LogP contribution in [0.5, 0.6) is 5.75 Å². The van der Waals surface area contributed by atoms with E-state index >= 15 is 0 Å². The Morgan fingerprint density at radius 2 is 2.07 bits per heavy atom. The van der Waals surface area contributed by atoms with Gasteiger partial charge in [-0.3, -0.25) is 0 Å². The lowest BCUT2D eigenvalue weighted by molar-refractivity contribution is 0.265. The lowest BCUT2D eigenvalue weighted by Gasteiger charge is -2.21. The molecule has 0 aliphatic carbocycles.